The number of amides is 1. The van der Waals surface area contributed by atoms with Crippen molar-refractivity contribution in [3.8, 4) is 0 Å². The van der Waals surface area contributed by atoms with E-state index in [1.54, 1.807) is 50.7 Å². The molecule has 158 valence electrons. The molecule has 0 aliphatic rings. The van der Waals surface area contributed by atoms with Crippen LogP contribution in [0.1, 0.15) is 36.9 Å². The van der Waals surface area contributed by atoms with Gasteiger partial charge in [0, 0.05) is 27.4 Å². The lowest BCUT2D eigenvalue weighted by Gasteiger charge is -2.20. The number of nitrogens with one attached hydrogen (secondary N) is 2. The SMILES string of the molecule is CC(C)(C)NS(=O)(=O)c1cccc(NC(=O)c2occc2CSc2ccccc2)c1. The van der Waals surface area contributed by atoms with E-state index in [-0.39, 0.29) is 10.7 Å². The normalized spacial score (nSPS) is 12.0. The van der Waals surface area contributed by atoms with Gasteiger partial charge >= 0.3 is 0 Å². The van der Waals surface area contributed by atoms with Crippen molar-refractivity contribution in [2.24, 2.45) is 0 Å². The minimum atomic E-state index is -3.71. The molecule has 3 rings (SSSR count). The smallest absolute Gasteiger partial charge is 0.291 e. The van der Waals surface area contributed by atoms with Gasteiger partial charge in [-0.2, -0.15) is 0 Å². The number of benzene rings is 2. The Hall–Kier alpha value is -2.55. The fourth-order valence-corrected chi connectivity index (χ4v) is 5.08. The Balaban J connectivity index is 1.72. The van der Waals surface area contributed by atoms with Crippen LogP contribution in [-0.2, 0) is 15.8 Å². The fraction of sp³-hybridized carbons (Fsp3) is 0.227. The van der Waals surface area contributed by atoms with E-state index in [4.69, 9.17) is 4.42 Å². The summed E-state index contributed by atoms with van der Waals surface area (Å²) >= 11 is 1.60. The van der Waals surface area contributed by atoms with Gasteiger partial charge in [-0.3, -0.25) is 4.79 Å². The first-order valence-corrected chi connectivity index (χ1v) is 11.8. The summed E-state index contributed by atoms with van der Waals surface area (Å²) < 4.78 is 33.1. The second-order valence-corrected chi connectivity index (χ2v) is 10.4. The number of furan rings is 1. The van der Waals surface area contributed by atoms with Gasteiger partial charge in [-0.25, -0.2) is 13.1 Å². The highest BCUT2D eigenvalue weighted by atomic mass is 32.2. The Morgan fingerprint density at radius 1 is 1.03 bits per heavy atom. The maximum absolute atomic E-state index is 12.7. The zero-order chi connectivity index (χ0) is 21.8. The molecule has 8 heteroatoms. The molecule has 1 heterocycles. The van der Waals surface area contributed by atoms with E-state index >= 15 is 0 Å². The van der Waals surface area contributed by atoms with Crippen LogP contribution in [0.15, 0.2) is 81.1 Å². The number of hydrogen-bond acceptors (Lipinski definition) is 5. The summed E-state index contributed by atoms with van der Waals surface area (Å²) in [6, 6.07) is 17.8. The third kappa shape index (κ3) is 5.98. The van der Waals surface area contributed by atoms with Crippen LogP contribution in [0.4, 0.5) is 5.69 Å². The molecule has 0 saturated heterocycles. The third-order valence-electron chi connectivity index (χ3n) is 3.93. The van der Waals surface area contributed by atoms with Crippen LogP contribution in [-0.4, -0.2) is 19.9 Å². The molecule has 0 unspecified atom stereocenters. The second-order valence-electron chi connectivity index (χ2n) is 7.71. The van der Waals surface area contributed by atoms with E-state index in [1.807, 2.05) is 30.3 Å². The van der Waals surface area contributed by atoms with E-state index in [1.165, 1.54) is 18.4 Å². The second kappa shape index (κ2) is 9.07. The van der Waals surface area contributed by atoms with Crippen molar-refractivity contribution in [2.45, 2.75) is 41.9 Å². The highest BCUT2D eigenvalue weighted by Crippen LogP contribution is 2.26. The maximum atomic E-state index is 12.7. The molecule has 2 aromatic carbocycles. The quantitative estimate of drug-likeness (QED) is 0.506. The van der Waals surface area contributed by atoms with Crippen LogP contribution in [0.5, 0.6) is 0 Å². The number of rotatable bonds is 7. The topological polar surface area (TPSA) is 88.4 Å². The van der Waals surface area contributed by atoms with Gasteiger partial charge in [0.05, 0.1) is 11.2 Å². The van der Waals surface area contributed by atoms with Crippen molar-refractivity contribution in [1.29, 1.82) is 0 Å². The monoisotopic (exact) mass is 444 g/mol. The molecule has 0 fully saturated rings. The molecule has 1 amide bonds. The Morgan fingerprint density at radius 3 is 2.47 bits per heavy atom. The summed E-state index contributed by atoms with van der Waals surface area (Å²) in [6.07, 6.45) is 1.48. The van der Waals surface area contributed by atoms with Gasteiger partial charge in [0.2, 0.25) is 10.0 Å². The highest BCUT2D eigenvalue weighted by Gasteiger charge is 2.23. The van der Waals surface area contributed by atoms with Gasteiger partial charge in [-0.1, -0.05) is 24.3 Å². The zero-order valence-corrected chi connectivity index (χ0v) is 18.6. The van der Waals surface area contributed by atoms with Crippen molar-refractivity contribution in [1.82, 2.24) is 4.72 Å². The van der Waals surface area contributed by atoms with Crippen LogP contribution >= 0.6 is 11.8 Å². The number of thioether (sulfide) groups is 1. The van der Waals surface area contributed by atoms with Crippen molar-refractivity contribution in [3.63, 3.8) is 0 Å². The van der Waals surface area contributed by atoms with Gasteiger partial charge in [-0.15, -0.1) is 11.8 Å². The van der Waals surface area contributed by atoms with E-state index < -0.39 is 21.5 Å². The molecule has 0 bridgehead atoms. The first-order chi connectivity index (χ1) is 14.1. The Kier molecular flexibility index (Phi) is 6.70. The molecule has 30 heavy (non-hydrogen) atoms. The Morgan fingerprint density at radius 2 is 1.77 bits per heavy atom. The molecule has 0 aliphatic carbocycles. The van der Waals surface area contributed by atoms with Crippen molar-refractivity contribution < 1.29 is 17.6 Å². The summed E-state index contributed by atoms with van der Waals surface area (Å²) in [5, 5.41) is 2.72. The lowest BCUT2D eigenvalue weighted by Crippen LogP contribution is -2.40. The van der Waals surface area contributed by atoms with Crippen LogP contribution in [0, 0.1) is 0 Å². The van der Waals surface area contributed by atoms with Crippen LogP contribution < -0.4 is 10.0 Å². The lowest BCUT2D eigenvalue weighted by molar-refractivity contribution is 0.0995. The van der Waals surface area contributed by atoms with E-state index in [0.29, 0.717) is 11.4 Å². The van der Waals surface area contributed by atoms with Crippen molar-refractivity contribution >= 4 is 33.4 Å². The Bertz CT molecular complexity index is 1120. The average Bonchev–Trinajstić information content (AvgIpc) is 3.14. The van der Waals surface area contributed by atoms with Gasteiger partial charge < -0.3 is 9.73 Å². The number of hydrogen-bond donors (Lipinski definition) is 2. The first-order valence-electron chi connectivity index (χ1n) is 9.34. The van der Waals surface area contributed by atoms with Gasteiger partial charge in [0.25, 0.3) is 5.91 Å². The molecule has 0 radical (unpaired) electrons. The van der Waals surface area contributed by atoms with Gasteiger partial charge in [-0.05, 0) is 57.2 Å². The molecule has 0 atom stereocenters. The molecule has 6 nitrogen and oxygen atoms in total. The number of anilines is 1. The van der Waals surface area contributed by atoms with Crippen LogP contribution in [0.3, 0.4) is 0 Å². The molecule has 1 aromatic heterocycles. The molecular formula is C22H24N2O4S2. The molecule has 0 saturated carbocycles. The minimum absolute atomic E-state index is 0.0783. The van der Waals surface area contributed by atoms with Gasteiger partial charge in [0.15, 0.2) is 5.76 Å². The summed E-state index contributed by atoms with van der Waals surface area (Å²) in [5.41, 5.74) is 0.520. The molecular weight excluding hydrogens is 420 g/mol. The van der Waals surface area contributed by atoms with Crippen molar-refractivity contribution in [2.75, 3.05) is 5.32 Å². The number of carbonyl (C=O) groups is 1. The molecule has 3 aromatic rings. The Labute approximate surface area is 181 Å². The van der Waals surface area contributed by atoms with Gasteiger partial charge in [0.1, 0.15) is 0 Å². The largest absolute Gasteiger partial charge is 0.459 e. The summed E-state index contributed by atoms with van der Waals surface area (Å²) in [7, 11) is -3.71. The lowest BCUT2D eigenvalue weighted by atomic mass is 10.1. The molecule has 0 spiro atoms. The highest BCUT2D eigenvalue weighted by molar-refractivity contribution is 7.98. The number of carbonyl (C=O) groups excluding carboxylic acids is 1. The minimum Gasteiger partial charge on any atom is -0.459 e. The number of sulfonamides is 1. The first kappa shape index (κ1) is 22.1. The van der Waals surface area contributed by atoms with E-state index in [2.05, 4.69) is 10.0 Å². The maximum Gasteiger partial charge on any atom is 0.291 e. The third-order valence-corrected chi connectivity index (χ3v) is 6.75. The summed E-state index contributed by atoms with van der Waals surface area (Å²) in [6.45, 7) is 5.30. The predicted molar refractivity (Wildman–Crippen MR) is 119 cm³/mol. The van der Waals surface area contributed by atoms with E-state index in [9.17, 15) is 13.2 Å². The predicted octanol–water partition coefficient (Wildman–Crippen LogP) is 4.90. The van der Waals surface area contributed by atoms with E-state index in [0.717, 1.165) is 10.5 Å². The molecule has 2 N–H and O–H groups in total. The summed E-state index contributed by atoms with van der Waals surface area (Å²) in [4.78, 5) is 13.9. The summed E-state index contributed by atoms with van der Waals surface area (Å²) in [5.74, 6) is 0.356. The van der Waals surface area contributed by atoms with Crippen molar-refractivity contribution in [3.05, 3.63) is 78.3 Å². The zero-order valence-electron chi connectivity index (χ0n) is 17.0. The molecule has 0 aliphatic heterocycles. The fourth-order valence-electron chi connectivity index (χ4n) is 2.72. The average molecular weight is 445 g/mol. The standard InChI is InChI=1S/C22H24N2O4S2/c1-22(2,3)24-30(26,27)19-11-7-8-17(14-19)23-21(25)20-16(12-13-28-20)15-29-18-9-5-4-6-10-18/h4-14,24H,15H2,1-3H3,(H,23,25). The van der Waals surface area contributed by atoms with Crippen LogP contribution in [0.2, 0.25) is 0 Å². The van der Waals surface area contributed by atoms with Crippen LogP contribution in [0.25, 0.3) is 0 Å².